The van der Waals surface area contributed by atoms with Crippen LogP contribution in [0.15, 0.2) is 0 Å². The highest BCUT2D eigenvalue weighted by molar-refractivity contribution is 6.30. The molecule has 1 aromatic heterocycles. The summed E-state index contributed by atoms with van der Waals surface area (Å²) in [6.45, 7) is 6.04. The van der Waals surface area contributed by atoms with Gasteiger partial charge in [0.1, 0.15) is 11.7 Å². The number of halogens is 1. The zero-order valence-electron chi connectivity index (χ0n) is 11.1. The largest absolute Gasteiger partial charge is 0.465 e. The van der Waals surface area contributed by atoms with E-state index < -0.39 is 0 Å². The van der Waals surface area contributed by atoms with Gasteiger partial charge in [-0.25, -0.2) is 4.68 Å². The summed E-state index contributed by atoms with van der Waals surface area (Å²) in [7, 11) is 0. The molecule has 1 unspecified atom stereocenters. The Kier molecular flexibility index (Phi) is 5.62. The van der Waals surface area contributed by atoms with Gasteiger partial charge in [-0.1, -0.05) is 18.5 Å². The smallest absolute Gasteiger partial charge is 0.327 e. The van der Waals surface area contributed by atoms with Crippen LogP contribution in [0.3, 0.4) is 0 Å². The standard InChI is InChI=1S/C12H20ClN3O2/c1-4-9(14)6-10-8(3)15-16(12(10)13)7-11(17)18-5-2/h9H,4-7,14H2,1-3H3. The number of esters is 1. The zero-order chi connectivity index (χ0) is 13.7. The summed E-state index contributed by atoms with van der Waals surface area (Å²) in [5.74, 6) is -0.340. The molecule has 2 N–H and O–H groups in total. The number of hydrogen-bond acceptors (Lipinski definition) is 4. The van der Waals surface area contributed by atoms with Gasteiger partial charge >= 0.3 is 5.97 Å². The van der Waals surface area contributed by atoms with Crippen molar-refractivity contribution in [3.63, 3.8) is 0 Å². The lowest BCUT2D eigenvalue weighted by atomic mass is 10.1. The van der Waals surface area contributed by atoms with Crippen LogP contribution in [-0.4, -0.2) is 28.4 Å². The van der Waals surface area contributed by atoms with Gasteiger partial charge < -0.3 is 10.5 Å². The highest BCUT2D eigenvalue weighted by Crippen LogP contribution is 2.21. The Labute approximate surface area is 112 Å². The summed E-state index contributed by atoms with van der Waals surface area (Å²) in [4.78, 5) is 11.4. The van der Waals surface area contributed by atoms with Crippen molar-refractivity contribution in [3.8, 4) is 0 Å². The predicted molar refractivity (Wildman–Crippen MR) is 70.6 cm³/mol. The van der Waals surface area contributed by atoms with Gasteiger partial charge in [0, 0.05) is 11.6 Å². The molecule has 6 heteroatoms. The topological polar surface area (TPSA) is 70.1 Å². The van der Waals surface area contributed by atoms with E-state index in [0.717, 1.165) is 17.7 Å². The Morgan fingerprint density at radius 2 is 2.22 bits per heavy atom. The molecule has 0 radical (unpaired) electrons. The molecule has 0 amide bonds. The third kappa shape index (κ3) is 3.71. The Balaban J connectivity index is 2.83. The lowest BCUT2D eigenvalue weighted by molar-refractivity contribution is -0.144. The number of aromatic nitrogens is 2. The number of ether oxygens (including phenoxy) is 1. The molecule has 1 aromatic rings. The first-order valence-corrected chi connectivity index (χ1v) is 6.50. The third-order valence-corrected chi connectivity index (χ3v) is 3.18. The fourth-order valence-corrected chi connectivity index (χ4v) is 1.97. The second-order valence-electron chi connectivity index (χ2n) is 4.19. The minimum Gasteiger partial charge on any atom is -0.465 e. The monoisotopic (exact) mass is 273 g/mol. The summed E-state index contributed by atoms with van der Waals surface area (Å²) >= 11 is 6.21. The van der Waals surface area contributed by atoms with Crippen LogP contribution in [0.1, 0.15) is 31.5 Å². The predicted octanol–water partition coefficient (Wildman–Crippen LogP) is 1.69. The van der Waals surface area contributed by atoms with Crippen molar-refractivity contribution < 1.29 is 9.53 Å². The molecule has 0 saturated carbocycles. The molecule has 1 atom stereocenters. The van der Waals surface area contributed by atoms with E-state index in [2.05, 4.69) is 5.10 Å². The Morgan fingerprint density at radius 1 is 1.56 bits per heavy atom. The quantitative estimate of drug-likeness (QED) is 0.801. The van der Waals surface area contributed by atoms with Gasteiger partial charge in [0.2, 0.25) is 0 Å². The first-order valence-electron chi connectivity index (χ1n) is 6.12. The van der Waals surface area contributed by atoms with Crippen LogP contribution in [0, 0.1) is 6.92 Å². The van der Waals surface area contributed by atoms with E-state index in [4.69, 9.17) is 22.1 Å². The fraction of sp³-hybridized carbons (Fsp3) is 0.667. The van der Waals surface area contributed by atoms with E-state index in [1.54, 1.807) is 6.92 Å². The number of aryl methyl sites for hydroxylation is 1. The summed E-state index contributed by atoms with van der Waals surface area (Å²) in [5.41, 5.74) is 7.64. The van der Waals surface area contributed by atoms with E-state index in [1.807, 2.05) is 13.8 Å². The zero-order valence-corrected chi connectivity index (χ0v) is 11.8. The average molecular weight is 274 g/mol. The van der Waals surface area contributed by atoms with Crippen molar-refractivity contribution in [2.75, 3.05) is 6.61 Å². The molecular weight excluding hydrogens is 254 g/mol. The minimum absolute atomic E-state index is 0.0366. The van der Waals surface area contributed by atoms with Gasteiger partial charge in [-0.15, -0.1) is 0 Å². The van der Waals surface area contributed by atoms with Crippen molar-refractivity contribution in [1.29, 1.82) is 0 Å². The molecular formula is C12H20ClN3O2. The highest BCUT2D eigenvalue weighted by atomic mass is 35.5. The van der Waals surface area contributed by atoms with Gasteiger partial charge in [-0.2, -0.15) is 5.10 Å². The summed E-state index contributed by atoms with van der Waals surface area (Å²) in [5, 5.41) is 4.72. The highest BCUT2D eigenvalue weighted by Gasteiger charge is 2.17. The van der Waals surface area contributed by atoms with Crippen molar-refractivity contribution in [3.05, 3.63) is 16.4 Å². The maximum absolute atomic E-state index is 11.4. The minimum atomic E-state index is -0.340. The second-order valence-corrected chi connectivity index (χ2v) is 4.55. The Bertz CT molecular complexity index is 418. The Hall–Kier alpha value is -1.07. The van der Waals surface area contributed by atoms with Crippen LogP contribution in [0.5, 0.6) is 0 Å². The van der Waals surface area contributed by atoms with Crippen LogP contribution in [0.25, 0.3) is 0 Å². The van der Waals surface area contributed by atoms with E-state index in [-0.39, 0.29) is 18.6 Å². The van der Waals surface area contributed by atoms with Crippen LogP contribution >= 0.6 is 11.6 Å². The van der Waals surface area contributed by atoms with Gasteiger partial charge in [0.25, 0.3) is 0 Å². The van der Waals surface area contributed by atoms with Crippen molar-refractivity contribution in [2.24, 2.45) is 5.73 Å². The molecule has 0 aromatic carbocycles. The summed E-state index contributed by atoms with van der Waals surface area (Å²) in [6, 6.07) is 0.0569. The number of nitrogens with two attached hydrogens (primary N) is 1. The molecule has 0 fully saturated rings. The molecule has 102 valence electrons. The fourth-order valence-electron chi connectivity index (χ4n) is 1.66. The number of hydrogen-bond donors (Lipinski definition) is 1. The first-order chi connectivity index (χ1) is 8.49. The van der Waals surface area contributed by atoms with Crippen LogP contribution < -0.4 is 5.73 Å². The Morgan fingerprint density at radius 3 is 2.78 bits per heavy atom. The average Bonchev–Trinajstić information content (AvgIpc) is 2.57. The molecule has 18 heavy (non-hydrogen) atoms. The van der Waals surface area contributed by atoms with Gasteiger partial charge in [0.05, 0.1) is 12.3 Å². The molecule has 0 saturated heterocycles. The number of carbonyl (C=O) groups is 1. The van der Waals surface area contributed by atoms with Gasteiger partial charge in [-0.3, -0.25) is 4.79 Å². The van der Waals surface area contributed by atoms with E-state index in [1.165, 1.54) is 4.68 Å². The normalized spacial score (nSPS) is 12.5. The molecule has 5 nitrogen and oxygen atoms in total. The van der Waals surface area contributed by atoms with E-state index in [0.29, 0.717) is 18.2 Å². The van der Waals surface area contributed by atoms with Crippen molar-refractivity contribution in [1.82, 2.24) is 9.78 Å². The van der Waals surface area contributed by atoms with Crippen LogP contribution in [0.2, 0.25) is 5.15 Å². The molecule has 1 rings (SSSR count). The number of nitrogens with zero attached hydrogens (tertiary/aromatic N) is 2. The SMILES string of the molecule is CCOC(=O)Cn1nc(C)c(CC(N)CC)c1Cl. The molecule has 1 heterocycles. The maximum atomic E-state index is 11.4. The number of carbonyl (C=O) groups excluding carboxylic acids is 1. The van der Waals surface area contributed by atoms with E-state index in [9.17, 15) is 4.79 Å². The lowest BCUT2D eigenvalue weighted by Crippen LogP contribution is -2.21. The van der Waals surface area contributed by atoms with Gasteiger partial charge in [-0.05, 0) is 26.7 Å². The molecule has 0 aliphatic rings. The van der Waals surface area contributed by atoms with Crippen LogP contribution in [-0.2, 0) is 22.5 Å². The van der Waals surface area contributed by atoms with Crippen molar-refractivity contribution >= 4 is 17.6 Å². The summed E-state index contributed by atoms with van der Waals surface area (Å²) < 4.78 is 6.33. The molecule has 0 aliphatic heterocycles. The number of rotatable bonds is 6. The summed E-state index contributed by atoms with van der Waals surface area (Å²) in [6.07, 6.45) is 1.54. The third-order valence-electron chi connectivity index (χ3n) is 2.76. The van der Waals surface area contributed by atoms with E-state index >= 15 is 0 Å². The first kappa shape index (κ1) is 15.0. The maximum Gasteiger partial charge on any atom is 0.327 e. The van der Waals surface area contributed by atoms with Gasteiger partial charge in [0.15, 0.2) is 0 Å². The molecule has 0 bridgehead atoms. The molecule has 0 aliphatic carbocycles. The second kappa shape index (κ2) is 6.75. The lowest BCUT2D eigenvalue weighted by Gasteiger charge is -2.08. The molecule has 0 spiro atoms. The van der Waals surface area contributed by atoms with Crippen LogP contribution in [0.4, 0.5) is 0 Å². The van der Waals surface area contributed by atoms with Crippen molar-refractivity contribution in [2.45, 2.75) is 46.2 Å².